The Hall–Kier alpha value is -3.31. The summed E-state index contributed by atoms with van der Waals surface area (Å²) >= 11 is 6.63. The summed E-state index contributed by atoms with van der Waals surface area (Å²) in [5.41, 5.74) is 11.4. The average Bonchev–Trinajstić information content (AvgIpc) is 3.10. The predicted molar refractivity (Wildman–Crippen MR) is 115 cm³/mol. The Morgan fingerprint density at radius 3 is 2.41 bits per heavy atom. The second-order valence-corrected chi connectivity index (χ2v) is 7.90. The number of anilines is 3. The summed E-state index contributed by atoms with van der Waals surface area (Å²) in [6.07, 6.45) is 0. The van der Waals surface area contributed by atoms with Crippen LogP contribution in [0.4, 0.5) is 29.8 Å². The standard InChI is InChI=1S/C20H16ClF3N4O3S/c1-9(18(26)30)28(14-7-4-11(21)8-13(14)22)20-27-17(25)16(32-20)15(29)10-2-5-12(6-3-10)31-19(23)24/h2-9,19H,25H2,1H3,(H2,26,30)/t9-/m1/s1. The number of primary amides is 1. The number of hydrogen-bond donors (Lipinski definition) is 2. The van der Waals surface area contributed by atoms with Crippen LogP contribution < -0.4 is 21.1 Å². The third-order valence-electron chi connectivity index (χ3n) is 4.36. The van der Waals surface area contributed by atoms with Gasteiger partial charge in [-0.2, -0.15) is 8.78 Å². The van der Waals surface area contributed by atoms with E-state index in [4.69, 9.17) is 23.1 Å². The van der Waals surface area contributed by atoms with Gasteiger partial charge in [0.2, 0.25) is 11.7 Å². The van der Waals surface area contributed by atoms with Crippen molar-refractivity contribution in [2.45, 2.75) is 19.6 Å². The number of carbonyl (C=O) groups excluding carboxylic acids is 2. The molecule has 3 aromatic rings. The Bertz CT molecular complexity index is 1160. The van der Waals surface area contributed by atoms with Crippen molar-refractivity contribution in [3.63, 3.8) is 0 Å². The molecule has 3 rings (SSSR count). The molecule has 0 spiro atoms. The van der Waals surface area contributed by atoms with E-state index >= 15 is 0 Å². The second kappa shape index (κ2) is 9.45. The fourth-order valence-electron chi connectivity index (χ4n) is 2.79. The van der Waals surface area contributed by atoms with Gasteiger partial charge in [0.05, 0.1) is 5.69 Å². The number of ether oxygens (including phenoxy) is 1. The molecule has 1 atom stereocenters. The Labute approximate surface area is 189 Å². The second-order valence-electron chi connectivity index (χ2n) is 6.49. The number of hydrogen-bond acceptors (Lipinski definition) is 7. The van der Waals surface area contributed by atoms with Gasteiger partial charge in [0.1, 0.15) is 28.3 Å². The molecule has 0 aliphatic rings. The Morgan fingerprint density at radius 1 is 1.19 bits per heavy atom. The van der Waals surface area contributed by atoms with Gasteiger partial charge in [-0.25, -0.2) is 9.37 Å². The van der Waals surface area contributed by atoms with Crippen molar-refractivity contribution in [1.29, 1.82) is 0 Å². The summed E-state index contributed by atoms with van der Waals surface area (Å²) in [5, 5.41) is 0.197. The van der Waals surface area contributed by atoms with Gasteiger partial charge in [-0.05, 0) is 49.4 Å². The lowest BCUT2D eigenvalue weighted by Gasteiger charge is -2.27. The molecule has 0 radical (unpaired) electrons. The number of ketones is 1. The zero-order valence-electron chi connectivity index (χ0n) is 16.4. The molecule has 168 valence electrons. The highest BCUT2D eigenvalue weighted by molar-refractivity contribution is 7.18. The number of nitrogen functional groups attached to an aromatic ring is 1. The molecule has 32 heavy (non-hydrogen) atoms. The molecule has 0 bridgehead atoms. The number of amides is 1. The van der Waals surface area contributed by atoms with Gasteiger partial charge in [0, 0.05) is 10.6 Å². The van der Waals surface area contributed by atoms with Crippen LogP contribution in [0.3, 0.4) is 0 Å². The van der Waals surface area contributed by atoms with E-state index in [0.717, 1.165) is 17.4 Å². The van der Waals surface area contributed by atoms with Crippen LogP contribution in [0.25, 0.3) is 0 Å². The molecule has 4 N–H and O–H groups in total. The maximum absolute atomic E-state index is 14.6. The first kappa shape index (κ1) is 23.4. The van der Waals surface area contributed by atoms with Crippen LogP contribution in [0.1, 0.15) is 22.2 Å². The molecule has 12 heteroatoms. The number of aromatic nitrogens is 1. The molecule has 0 unspecified atom stereocenters. The van der Waals surface area contributed by atoms with Gasteiger partial charge in [-0.3, -0.25) is 9.59 Å². The third-order valence-corrected chi connectivity index (χ3v) is 5.67. The van der Waals surface area contributed by atoms with Crippen molar-refractivity contribution in [2.75, 3.05) is 10.6 Å². The summed E-state index contributed by atoms with van der Waals surface area (Å²) in [6, 6.07) is 7.80. The Balaban J connectivity index is 1.99. The van der Waals surface area contributed by atoms with Crippen molar-refractivity contribution in [3.05, 3.63) is 63.7 Å². The van der Waals surface area contributed by atoms with Crippen LogP contribution in [0.15, 0.2) is 42.5 Å². The Kier molecular flexibility index (Phi) is 6.90. The number of halogens is 4. The van der Waals surface area contributed by atoms with Crippen LogP contribution >= 0.6 is 22.9 Å². The number of alkyl halides is 2. The van der Waals surface area contributed by atoms with Crippen LogP contribution in [0.5, 0.6) is 5.75 Å². The van der Waals surface area contributed by atoms with Crippen molar-refractivity contribution < 1.29 is 27.5 Å². The molecule has 1 amide bonds. The molecule has 2 aromatic carbocycles. The molecule has 0 fully saturated rings. The number of thiazole rings is 1. The summed E-state index contributed by atoms with van der Waals surface area (Å²) in [5.74, 6) is -2.32. The van der Waals surface area contributed by atoms with Crippen LogP contribution in [-0.4, -0.2) is 29.3 Å². The van der Waals surface area contributed by atoms with Gasteiger partial charge >= 0.3 is 6.61 Å². The fraction of sp³-hybridized carbons (Fsp3) is 0.150. The first-order valence-corrected chi connectivity index (χ1v) is 10.2. The normalized spacial score (nSPS) is 11.9. The largest absolute Gasteiger partial charge is 0.435 e. The molecule has 1 aromatic heterocycles. The minimum atomic E-state index is -3.00. The van der Waals surface area contributed by atoms with Crippen molar-refractivity contribution in [1.82, 2.24) is 4.98 Å². The van der Waals surface area contributed by atoms with Crippen LogP contribution in [0, 0.1) is 5.82 Å². The van der Waals surface area contributed by atoms with E-state index in [1.165, 1.54) is 48.2 Å². The lowest BCUT2D eigenvalue weighted by molar-refractivity contribution is -0.118. The van der Waals surface area contributed by atoms with Gasteiger partial charge in [0.15, 0.2) is 5.13 Å². The highest BCUT2D eigenvalue weighted by atomic mass is 35.5. The van der Waals surface area contributed by atoms with E-state index in [-0.39, 0.29) is 37.8 Å². The quantitative estimate of drug-likeness (QED) is 0.459. The molecule has 0 saturated carbocycles. The first-order chi connectivity index (χ1) is 15.1. The number of nitrogens with zero attached hydrogens (tertiary/aromatic N) is 2. The summed E-state index contributed by atoms with van der Waals surface area (Å²) < 4.78 is 43.5. The number of carbonyl (C=O) groups is 2. The van der Waals surface area contributed by atoms with E-state index in [2.05, 4.69) is 9.72 Å². The van der Waals surface area contributed by atoms with Crippen LogP contribution in [0.2, 0.25) is 5.02 Å². The number of nitrogens with two attached hydrogens (primary N) is 2. The van der Waals surface area contributed by atoms with E-state index in [1.54, 1.807) is 0 Å². The van der Waals surface area contributed by atoms with E-state index in [1.807, 2.05) is 0 Å². The zero-order chi connectivity index (χ0) is 23.6. The predicted octanol–water partition coefficient (Wildman–Crippen LogP) is 4.36. The van der Waals surface area contributed by atoms with Crippen molar-refractivity contribution >= 4 is 51.3 Å². The van der Waals surface area contributed by atoms with Crippen molar-refractivity contribution in [2.24, 2.45) is 5.73 Å². The molecule has 0 saturated heterocycles. The summed E-state index contributed by atoms with van der Waals surface area (Å²) in [6.45, 7) is -1.56. The first-order valence-electron chi connectivity index (χ1n) is 8.98. The third kappa shape index (κ3) is 4.94. The van der Waals surface area contributed by atoms with Gasteiger partial charge in [-0.15, -0.1) is 0 Å². The van der Waals surface area contributed by atoms with Gasteiger partial charge in [-0.1, -0.05) is 22.9 Å². The van der Waals surface area contributed by atoms with Gasteiger partial charge in [0.25, 0.3) is 0 Å². The Morgan fingerprint density at radius 2 is 1.84 bits per heavy atom. The molecule has 1 heterocycles. The summed E-state index contributed by atoms with van der Waals surface area (Å²) in [4.78, 5) is 30.1. The van der Waals surface area contributed by atoms with E-state index in [0.29, 0.717) is 0 Å². The lowest BCUT2D eigenvalue weighted by Crippen LogP contribution is -2.40. The minimum absolute atomic E-state index is 0.0126. The fourth-order valence-corrected chi connectivity index (χ4v) is 3.99. The molecule has 7 nitrogen and oxygen atoms in total. The number of rotatable bonds is 8. The smallest absolute Gasteiger partial charge is 0.387 e. The number of benzene rings is 2. The monoisotopic (exact) mass is 484 g/mol. The van der Waals surface area contributed by atoms with Crippen LogP contribution in [-0.2, 0) is 4.79 Å². The lowest BCUT2D eigenvalue weighted by atomic mass is 10.1. The maximum atomic E-state index is 14.6. The maximum Gasteiger partial charge on any atom is 0.387 e. The summed E-state index contributed by atoms with van der Waals surface area (Å²) in [7, 11) is 0. The SMILES string of the molecule is C[C@H](C(N)=O)N(c1nc(N)c(C(=O)c2ccc(OC(F)F)cc2)s1)c1ccc(Cl)cc1F. The topological polar surface area (TPSA) is 112 Å². The van der Waals surface area contributed by atoms with Crippen molar-refractivity contribution in [3.8, 4) is 5.75 Å². The average molecular weight is 485 g/mol. The zero-order valence-corrected chi connectivity index (χ0v) is 18.0. The minimum Gasteiger partial charge on any atom is -0.435 e. The molecular weight excluding hydrogens is 469 g/mol. The molecule has 0 aliphatic heterocycles. The van der Waals surface area contributed by atoms with Gasteiger partial charge < -0.3 is 21.1 Å². The van der Waals surface area contributed by atoms with E-state index < -0.39 is 30.2 Å². The highest BCUT2D eigenvalue weighted by Crippen LogP contribution is 2.37. The van der Waals surface area contributed by atoms with E-state index in [9.17, 15) is 22.8 Å². The highest BCUT2D eigenvalue weighted by Gasteiger charge is 2.29. The molecular formula is C20H16ClF3N4O3S. The molecule has 0 aliphatic carbocycles.